The van der Waals surface area contributed by atoms with Crippen molar-refractivity contribution in [1.82, 2.24) is 15.1 Å². The number of allylic oxidation sites excluding steroid dienone is 1. The normalized spacial score (nSPS) is 28.1. The van der Waals surface area contributed by atoms with Crippen LogP contribution in [0, 0.1) is 23.7 Å². The molecule has 208 valence electrons. The van der Waals surface area contributed by atoms with Crippen LogP contribution in [0.15, 0.2) is 42.5 Å². The third-order valence-corrected chi connectivity index (χ3v) is 8.10. The van der Waals surface area contributed by atoms with Gasteiger partial charge in [0, 0.05) is 32.1 Å². The second-order valence-electron chi connectivity index (χ2n) is 10.3. The van der Waals surface area contributed by atoms with E-state index in [2.05, 4.69) is 10.2 Å². The van der Waals surface area contributed by atoms with Crippen molar-refractivity contribution in [3.63, 3.8) is 0 Å². The molecule has 1 aliphatic carbocycles. The van der Waals surface area contributed by atoms with Gasteiger partial charge in [-0.05, 0) is 31.2 Å². The highest BCUT2D eigenvalue weighted by molar-refractivity contribution is 5.96. The Labute approximate surface area is 225 Å². The fourth-order valence-corrected chi connectivity index (χ4v) is 6.19. The van der Waals surface area contributed by atoms with Gasteiger partial charge >= 0.3 is 5.97 Å². The summed E-state index contributed by atoms with van der Waals surface area (Å²) in [6.45, 7) is 7.81. The monoisotopic (exact) mass is 527 g/mol. The smallest absolute Gasteiger partial charge is 0.310 e. The van der Waals surface area contributed by atoms with Crippen LogP contribution < -0.4 is 5.32 Å². The van der Waals surface area contributed by atoms with Crippen LogP contribution in [0.4, 0.5) is 0 Å². The number of amides is 2. The molecule has 2 heterocycles. The van der Waals surface area contributed by atoms with Gasteiger partial charge in [0.05, 0.1) is 44.3 Å². The minimum Gasteiger partial charge on any atom is -0.466 e. The number of benzene rings is 1. The van der Waals surface area contributed by atoms with Crippen LogP contribution in [0.5, 0.6) is 0 Å². The number of aliphatic hydroxyl groups excluding tert-OH is 1. The molecule has 0 spiro atoms. The summed E-state index contributed by atoms with van der Waals surface area (Å²) in [4.78, 5) is 44.8. The molecule has 3 aliphatic rings. The highest BCUT2D eigenvalue weighted by Crippen LogP contribution is 2.46. The number of morpholine rings is 1. The van der Waals surface area contributed by atoms with Gasteiger partial charge in [0.2, 0.25) is 11.8 Å². The van der Waals surface area contributed by atoms with E-state index < -0.39 is 35.8 Å². The molecule has 1 aromatic carbocycles. The van der Waals surface area contributed by atoms with Crippen molar-refractivity contribution >= 4 is 17.8 Å². The Hall–Kier alpha value is -2.75. The van der Waals surface area contributed by atoms with Crippen LogP contribution >= 0.6 is 0 Å². The lowest BCUT2D eigenvalue weighted by Crippen LogP contribution is -2.54. The number of nitrogens with zero attached hydrogens (tertiary/aromatic N) is 2. The largest absolute Gasteiger partial charge is 0.466 e. The van der Waals surface area contributed by atoms with Crippen LogP contribution in [-0.2, 0) is 30.3 Å². The van der Waals surface area contributed by atoms with Gasteiger partial charge in [0.1, 0.15) is 6.04 Å². The molecule has 38 heavy (non-hydrogen) atoms. The Balaban J connectivity index is 1.62. The summed E-state index contributed by atoms with van der Waals surface area (Å²) in [5.74, 6) is -2.91. The van der Waals surface area contributed by atoms with E-state index in [0.717, 1.165) is 18.7 Å². The zero-order valence-corrected chi connectivity index (χ0v) is 22.5. The topological polar surface area (TPSA) is 108 Å². The number of ether oxygens (including phenoxy) is 2. The first-order chi connectivity index (χ1) is 18.5. The van der Waals surface area contributed by atoms with E-state index >= 15 is 0 Å². The third kappa shape index (κ3) is 6.11. The Morgan fingerprint density at radius 3 is 2.55 bits per heavy atom. The highest BCUT2D eigenvalue weighted by atomic mass is 16.5. The van der Waals surface area contributed by atoms with Gasteiger partial charge in [-0.25, -0.2) is 0 Å². The Kier molecular flexibility index (Phi) is 9.93. The molecule has 9 nitrogen and oxygen atoms in total. The van der Waals surface area contributed by atoms with Crippen molar-refractivity contribution < 1.29 is 29.0 Å². The predicted octanol–water partition coefficient (Wildman–Crippen LogP) is 1.26. The van der Waals surface area contributed by atoms with Gasteiger partial charge in [-0.3, -0.25) is 19.3 Å². The van der Waals surface area contributed by atoms with Crippen LogP contribution in [0.25, 0.3) is 0 Å². The third-order valence-electron chi connectivity index (χ3n) is 8.10. The van der Waals surface area contributed by atoms with E-state index in [9.17, 15) is 19.5 Å². The quantitative estimate of drug-likeness (QED) is 0.329. The van der Waals surface area contributed by atoms with E-state index in [1.807, 2.05) is 49.4 Å². The standard InChI is InChI=1S/C29H41N3O6/c1-3-21-10-11-23-25(24(21)29(36)38-4-2)28(35)32(22(19-33)18-20-8-6-5-7-9-20)26(23)27(34)30-12-13-31-14-16-37-17-15-31/h5-11,21-26,33H,3-4,12-19H2,1-2H3,(H,30,34)/t21-,22-,23+,24-,25-,26+/m1/s1. The fraction of sp³-hybridized carbons (Fsp3) is 0.621. The highest BCUT2D eigenvalue weighted by Gasteiger charge is 2.58. The lowest BCUT2D eigenvalue weighted by atomic mass is 9.69. The first kappa shape index (κ1) is 28.3. The van der Waals surface area contributed by atoms with Gasteiger partial charge in [-0.2, -0.15) is 0 Å². The van der Waals surface area contributed by atoms with Gasteiger partial charge < -0.3 is 24.8 Å². The van der Waals surface area contributed by atoms with E-state index in [4.69, 9.17) is 9.47 Å². The van der Waals surface area contributed by atoms with Crippen LogP contribution in [0.3, 0.4) is 0 Å². The number of carbonyl (C=O) groups excluding carboxylic acids is 3. The molecule has 0 aromatic heterocycles. The lowest BCUT2D eigenvalue weighted by Gasteiger charge is -2.34. The van der Waals surface area contributed by atoms with Crippen LogP contribution in [0.1, 0.15) is 25.8 Å². The molecule has 0 bridgehead atoms. The van der Waals surface area contributed by atoms with E-state index in [0.29, 0.717) is 39.1 Å². The summed E-state index contributed by atoms with van der Waals surface area (Å²) in [5.41, 5.74) is 0.963. The first-order valence-corrected chi connectivity index (χ1v) is 13.9. The second kappa shape index (κ2) is 13.4. The van der Waals surface area contributed by atoms with E-state index in [-0.39, 0.29) is 30.9 Å². The van der Waals surface area contributed by atoms with Crippen molar-refractivity contribution in [3.8, 4) is 0 Å². The number of hydrogen-bond acceptors (Lipinski definition) is 7. The van der Waals surface area contributed by atoms with Crippen LogP contribution in [-0.4, -0.2) is 97.4 Å². The summed E-state index contributed by atoms with van der Waals surface area (Å²) < 4.78 is 10.8. The number of aliphatic hydroxyl groups is 1. The minimum absolute atomic E-state index is 0.147. The first-order valence-electron chi connectivity index (χ1n) is 13.9. The molecule has 2 aliphatic heterocycles. The van der Waals surface area contributed by atoms with Gasteiger partial charge in [-0.15, -0.1) is 0 Å². The van der Waals surface area contributed by atoms with Crippen molar-refractivity contribution in [2.24, 2.45) is 23.7 Å². The van der Waals surface area contributed by atoms with Gasteiger partial charge in [0.25, 0.3) is 0 Å². The zero-order valence-electron chi connectivity index (χ0n) is 22.5. The maximum Gasteiger partial charge on any atom is 0.310 e. The number of nitrogens with one attached hydrogen (secondary N) is 1. The number of hydrogen-bond donors (Lipinski definition) is 2. The fourth-order valence-electron chi connectivity index (χ4n) is 6.19. The molecule has 1 aromatic rings. The Morgan fingerprint density at radius 1 is 1.16 bits per heavy atom. The number of fused-ring (bicyclic) bond motifs is 1. The summed E-state index contributed by atoms with van der Waals surface area (Å²) in [5, 5.41) is 13.5. The average molecular weight is 528 g/mol. The summed E-state index contributed by atoms with van der Waals surface area (Å²) in [6.07, 6.45) is 5.00. The molecular weight excluding hydrogens is 486 g/mol. The summed E-state index contributed by atoms with van der Waals surface area (Å²) >= 11 is 0. The van der Waals surface area contributed by atoms with Crippen molar-refractivity contribution in [2.45, 2.75) is 38.8 Å². The number of esters is 1. The summed E-state index contributed by atoms with van der Waals surface area (Å²) in [6, 6.07) is 8.22. The molecule has 2 N–H and O–H groups in total. The second-order valence-corrected chi connectivity index (χ2v) is 10.3. The number of likely N-dealkylation sites (tertiary alicyclic amines) is 1. The molecule has 0 unspecified atom stereocenters. The molecule has 0 saturated carbocycles. The number of carbonyl (C=O) groups is 3. The molecule has 0 radical (unpaired) electrons. The average Bonchev–Trinajstić information content (AvgIpc) is 3.24. The maximum atomic E-state index is 14.1. The van der Waals surface area contributed by atoms with Gasteiger partial charge in [0.15, 0.2) is 0 Å². The SMILES string of the molecule is CCOC(=O)[C@H]1[C@@H]2C(=O)N([C@@H](CO)Cc3ccccc3)[C@H](C(=O)NCCN3CCOCC3)[C@H]2C=C[C@H]1CC. The summed E-state index contributed by atoms with van der Waals surface area (Å²) in [7, 11) is 0. The molecule has 6 atom stereocenters. The Morgan fingerprint density at radius 2 is 1.89 bits per heavy atom. The molecular formula is C29H41N3O6. The van der Waals surface area contributed by atoms with Crippen molar-refractivity contribution in [2.75, 3.05) is 52.6 Å². The number of rotatable bonds is 11. The maximum absolute atomic E-state index is 14.1. The molecule has 2 amide bonds. The van der Waals surface area contributed by atoms with Crippen molar-refractivity contribution in [3.05, 3.63) is 48.0 Å². The minimum atomic E-state index is -0.816. The lowest BCUT2D eigenvalue weighted by molar-refractivity contribution is -0.156. The molecule has 2 fully saturated rings. The van der Waals surface area contributed by atoms with Gasteiger partial charge in [-0.1, -0.05) is 49.4 Å². The Bertz CT molecular complexity index is 980. The van der Waals surface area contributed by atoms with Crippen LogP contribution in [0.2, 0.25) is 0 Å². The predicted molar refractivity (Wildman–Crippen MR) is 142 cm³/mol. The van der Waals surface area contributed by atoms with E-state index in [1.54, 1.807) is 11.8 Å². The van der Waals surface area contributed by atoms with E-state index in [1.165, 1.54) is 0 Å². The zero-order chi connectivity index (χ0) is 27.1. The van der Waals surface area contributed by atoms with Crippen molar-refractivity contribution in [1.29, 1.82) is 0 Å². The molecule has 9 heteroatoms. The molecule has 4 rings (SSSR count). The molecule has 2 saturated heterocycles.